The van der Waals surface area contributed by atoms with Crippen LogP contribution in [0.5, 0.6) is 0 Å². The smallest absolute Gasteiger partial charge is 0.335 e. The van der Waals surface area contributed by atoms with Gasteiger partial charge in [0.15, 0.2) is 0 Å². The van der Waals surface area contributed by atoms with Gasteiger partial charge in [-0.1, -0.05) is 17.7 Å². The van der Waals surface area contributed by atoms with Crippen LogP contribution in [0, 0.1) is 5.82 Å². The molecule has 1 heterocycles. The Balaban J connectivity index is 2.09. The molecule has 12 heteroatoms. The van der Waals surface area contributed by atoms with Crippen LogP contribution in [0.3, 0.4) is 0 Å². The van der Waals surface area contributed by atoms with Gasteiger partial charge in [-0.25, -0.2) is 26.4 Å². The van der Waals surface area contributed by atoms with Crippen molar-refractivity contribution in [2.45, 2.75) is 36.2 Å². The zero-order chi connectivity index (χ0) is 23.7. The Kier molecular flexibility index (Phi) is 6.82. The van der Waals surface area contributed by atoms with E-state index in [1.165, 1.54) is 12.1 Å². The summed E-state index contributed by atoms with van der Waals surface area (Å²) >= 11 is 5.79. The van der Waals surface area contributed by atoms with E-state index in [4.69, 9.17) is 16.7 Å². The van der Waals surface area contributed by atoms with Crippen molar-refractivity contribution in [2.24, 2.45) is 0 Å². The molecule has 2 aromatic carbocycles. The van der Waals surface area contributed by atoms with E-state index in [9.17, 15) is 31.2 Å². The zero-order valence-corrected chi connectivity index (χ0v) is 18.0. The third kappa shape index (κ3) is 5.22. The summed E-state index contributed by atoms with van der Waals surface area (Å²) in [4.78, 5) is 23.3. The maximum absolute atomic E-state index is 14.6. The Bertz CT molecular complexity index is 1140. The van der Waals surface area contributed by atoms with Crippen molar-refractivity contribution in [3.05, 3.63) is 64.4 Å². The van der Waals surface area contributed by atoms with Gasteiger partial charge < -0.3 is 10.4 Å². The van der Waals surface area contributed by atoms with Crippen LogP contribution in [0.15, 0.2) is 47.4 Å². The van der Waals surface area contributed by atoms with E-state index in [1.807, 2.05) is 0 Å². The van der Waals surface area contributed by atoms with Crippen LogP contribution in [-0.4, -0.2) is 48.2 Å². The minimum atomic E-state index is -4.56. The second-order valence-corrected chi connectivity index (χ2v) is 9.56. The average Bonchev–Trinajstić information content (AvgIpc) is 2.84. The van der Waals surface area contributed by atoms with Gasteiger partial charge in [0.1, 0.15) is 11.9 Å². The molecule has 0 aliphatic carbocycles. The molecule has 1 amide bonds. The first-order chi connectivity index (χ1) is 14.9. The number of sulfonamides is 1. The van der Waals surface area contributed by atoms with Crippen molar-refractivity contribution in [2.75, 3.05) is 6.54 Å². The molecule has 2 aromatic rings. The fourth-order valence-corrected chi connectivity index (χ4v) is 4.97. The fourth-order valence-electron chi connectivity index (χ4n) is 3.28. The lowest BCUT2D eigenvalue weighted by Crippen LogP contribution is -2.49. The molecule has 0 unspecified atom stereocenters. The number of benzene rings is 2. The summed E-state index contributed by atoms with van der Waals surface area (Å²) in [7, 11) is -4.56. The summed E-state index contributed by atoms with van der Waals surface area (Å²) in [6.07, 6.45) is -1.77. The summed E-state index contributed by atoms with van der Waals surface area (Å²) in [6, 6.07) is 5.78. The molecule has 1 atom stereocenters. The van der Waals surface area contributed by atoms with Crippen LogP contribution in [0.4, 0.5) is 13.2 Å². The van der Waals surface area contributed by atoms with E-state index >= 15 is 0 Å². The van der Waals surface area contributed by atoms with E-state index in [0.717, 1.165) is 24.3 Å². The molecule has 1 saturated heterocycles. The Hall–Kier alpha value is -2.63. The van der Waals surface area contributed by atoms with Crippen LogP contribution >= 0.6 is 11.6 Å². The quantitative estimate of drug-likeness (QED) is 0.646. The first kappa shape index (κ1) is 24.0. The molecule has 0 radical (unpaired) electrons. The van der Waals surface area contributed by atoms with Gasteiger partial charge >= 0.3 is 5.97 Å². The first-order valence-corrected chi connectivity index (χ1v) is 11.2. The second kappa shape index (κ2) is 9.08. The minimum Gasteiger partial charge on any atom is -0.478 e. The largest absolute Gasteiger partial charge is 0.478 e. The number of alkyl halides is 2. The maximum atomic E-state index is 14.6. The zero-order valence-electron chi connectivity index (χ0n) is 16.4. The van der Waals surface area contributed by atoms with Crippen LogP contribution in [0.1, 0.15) is 28.8 Å². The number of nitrogens with one attached hydrogen (secondary N) is 1. The lowest BCUT2D eigenvalue weighted by Gasteiger charge is -2.30. The number of rotatable bonds is 6. The highest BCUT2D eigenvalue weighted by Crippen LogP contribution is 2.32. The molecule has 0 bridgehead atoms. The molecule has 1 fully saturated rings. The highest BCUT2D eigenvalue weighted by molar-refractivity contribution is 7.89. The molecular weight excluding hydrogens is 473 g/mol. The third-order valence-electron chi connectivity index (χ3n) is 4.98. The molecule has 172 valence electrons. The minimum absolute atomic E-state index is 0.226. The van der Waals surface area contributed by atoms with E-state index in [2.05, 4.69) is 5.32 Å². The Labute approximate surface area is 186 Å². The summed E-state index contributed by atoms with van der Waals surface area (Å²) in [5.74, 6) is -6.74. The standard InChI is InChI=1S/C20H18ClF3N2O5S/c21-14-3-5-15(6-4-14)32(30,31)26(17-10-20(23,24)7-8-25-18(17)27)11-13-2-1-12(19(28)29)9-16(13)22/h1-6,9,17H,7-8,10-11H2,(H,25,27)(H,28,29)/t17-/m1/s1. The van der Waals surface area contributed by atoms with Crippen molar-refractivity contribution in [3.8, 4) is 0 Å². The van der Waals surface area contributed by atoms with Crippen molar-refractivity contribution in [3.63, 3.8) is 0 Å². The van der Waals surface area contributed by atoms with Crippen LogP contribution in [0.2, 0.25) is 5.02 Å². The SMILES string of the molecule is O=C(O)c1ccc(CN([C@@H]2CC(F)(F)CCNC2=O)S(=O)(=O)c2ccc(Cl)cc2)c(F)c1. The van der Waals surface area contributed by atoms with Gasteiger partial charge in [0.25, 0.3) is 5.92 Å². The summed E-state index contributed by atoms with van der Waals surface area (Å²) in [5.41, 5.74) is -0.662. The molecular formula is C20H18ClF3N2O5S. The summed E-state index contributed by atoms with van der Waals surface area (Å²) in [6.45, 7) is -1.12. The molecule has 0 spiro atoms. The summed E-state index contributed by atoms with van der Waals surface area (Å²) < 4.78 is 70.3. The maximum Gasteiger partial charge on any atom is 0.335 e. The van der Waals surface area contributed by atoms with Crippen LogP contribution in [-0.2, 0) is 21.4 Å². The number of hydrogen-bond donors (Lipinski definition) is 2. The van der Waals surface area contributed by atoms with E-state index < -0.39 is 59.1 Å². The molecule has 0 aromatic heterocycles. The van der Waals surface area contributed by atoms with Crippen molar-refractivity contribution in [1.29, 1.82) is 0 Å². The molecule has 7 nitrogen and oxygen atoms in total. The predicted molar refractivity (Wildman–Crippen MR) is 109 cm³/mol. The highest BCUT2D eigenvalue weighted by Gasteiger charge is 2.45. The van der Waals surface area contributed by atoms with E-state index in [0.29, 0.717) is 10.4 Å². The van der Waals surface area contributed by atoms with Gasteiger partial charge in [-0.3, -0.25) is 4.79 Å². The number of carboxylic acids is 1. The van der Waals surface area contributed by atoms with Gasteiger partial charge in [0.2, 0.25) is 15.9 Å². The van der Waals surface area contributed by atoms with Crippen LogP contribution < -0.4 is 5.32 Å². The number of hydrogen-bond acceptors (Lipinski definition) is 4. The summed E-state index contributed by atoms with van der Waals surface area (Å²) in [5, 5.41) is 11.5. The second-order valence-electron chi connectivity index (χ2n) is 7.23. The Morgan fingerprint density at radius 2 is 1.88 bits per heavy atom. The molecule has 32 heavy (non-hydrogen) atoms. The normalized spacial score (nSPS) is 18.8. The van der Waals surface area contributed by atoms with Crippen molar-refractivity contribution < 1.29 is 36.3 Å². The molecule has 2 N–H and O–H groups in total. The number of carbonyl (C=O) groups excluding carboxylic acids is 1. The van der Waals surface area contributed by atoms with Gasteiger partial charge in [-0.15, -0.1) is 0 Å². The molecule has 1 aliphatic rings. The number of carboxylic acid groups (broad SMARTS) is 1. The number of amides is 1. The topological polar surface area (TPSA) is 104 Å². The fraction of sp³-hybridized carbons (Fsp3) is 0.300. The number of carbonyl (C=O) groups is 2. The monoisotopic (exact) mass is 490 g/mol. The Morgan fingerprint density at radius 1 is 1.22 bits per heavy atom. The molecule has 3 rings (SSSR count). The van der Waals surface area contributed by atoms with Gasteiger partial charge in [-0.05, 0) is 36.4 Å². The van der Waals surface area contributed by atoms with Crippen LogP contribution in [0.25, 0.3) is 0 Å². The van der Waals surface area contributed by atoms with E-state index in [-0.39, 0.29) is 27.6 Å². The van der Waals surface area contributed by atoms with Gasteiger partial charge in [-0.2, -0.15) is 4.31 Å². The predicted octanol–water partition coefficient (Wildman–Crippen LogP) is 3.28. The highest BCUT2D eigenvalue weighted by atomic mass is 35.5. The van der Waals surface area contributed by atoms with Crippen molar-refractivity contribution >= 4 is 33.5 Å². The molecule has 0 saturated carbocycles. The first-order valence-electron chi connectivity index (χ1n) is 9.35. The molecule has 1 aliphatic heterocycles. The van der Waals surface area contributed by atoms with Gasteiger partial charge in [0.05, 0.1) is 10.5 Å². The Morgan fingerprint density at radius 3 is 2.47 bits per heavy atom. The average molecular weight is 491 g/mol. The van der Waals surface area contributed by atoms with Gasteiger partial charge in [0, 0.05) is 36.5 Å². The van der Waals surface area contributed by atoms with E-state index in [1.54, 1.807) is 0 Å². The number of aromatic carboxylic acids is 1. The van der Waals surface area contributed by atoms with Crippen molar-refractivity contribution in [1.82, 2.24) is 9.62 Å². The number of nitrogens with zero attached hydrogens (tertiary/aromatic N) is 1. The number of halogens is 4. The lowest BCUT2D eigenvalue weighted by molar-refractivity contribution is -0.126. The third-order valence-corrected chi connectivity index (χ3v) is 7.10. The lowest BCUT2D eigenvalue weighted by atomic mass is 10.1.